The molecule has 7 heteroatoms. The molecule has 25 heavy (non-hydrogen) atoms. The maximum absolute atomic E-state index is 13.6. The lowest BCUT2D eigenvalue weighted by Gasteiger charge is -2.19. The first-order valence-corrected chi connectivity index (χ1v) is 8.80. The van der Waals surface area contributed by atoms with Crippen LogP contribution in [0.5, 0.6) is 0 Å². The average Bonchev–Trinajstić information content (AvgIpc) is 3.00. The molecule has 0 aromatic heterocycles. The number of carbonyl (C=O) groups excluding carboxylic acids is 2. The molecule has 130 valence electrons. The van der Waals surface area contributed by atoms with E-state index in [0.29, 0.717) is 24.3 Å². The number of benzene rings is 2. The van der Waals surface area contributed by atoms with Gasteiger partial charge in [-0.3, -0.25) is 9.59 Å². The van der Waals surface area contributed by atoms with E-state index < -0.39 is 11.6 Å². The largest absolute Gasteiger partial charge is 0.324 e. The summed E-state index contributed by atoms with van der Waals surface area (Å²) in [6.07, 6.45) is 1.29. The number of anilines is 2. The van der Waals surface area contributed by atoms with E-state index in [4.69, 9.17) is 0 Å². The Morgan fingerprint density at radius 3 is 2.72 bits per heavy atom. The molecular formula is C18H16F2N2O2S. The number of amides is 2. The molecular weight excluding hydrogens is 346 g/mol. The third-order valence-electron chi connectivity index (χ3n) is 3.80. The van der Waals surface area contributed by atoms with Gasteiger partial charge in [0.05, 0.1) is 17.1 Å². The topological polar surface area (TPSA) is 49.4 Å². The minimum Gasteiger partial charge on any atom is -0.324 e. The maximum Gasteiger partial charge on any atom is 0.234 e. The molecule has 1 aliphatic heterocycles. The van der Waals surface area contributed by atoms with Crippen molar-refractivity contribution in [2.75, 3.05) is 22.5 Å². The summed E-state index contributed by atoms with van der Waals surface area (Å²) in [4.78, 5) is 26.0. The molecule has 1 heterocycles. The Labute approximate surface area is 148 Å². The first kappa shape index (κ1) is 17.4. The Kier molecular flexibility index (Phi) is 5.33. The molecule has 2 aromatic rings. The number of nitrogens with zero attached hydrogens (tertiary/aromatic N) is 1. The standard InChI is InChI=1S/C18H16F2N2O2S/c19-12-7-8-16(13(20)10-12)25-11-17(23)21-14-4-1-2-5-15(14)22-9-3-6-18(22)24/h1-2,4-5,7-8,10H,3,6,9,11H2,(H,21,23). The van der Waals surface area contributed by atoms with Crippen molar-refractivity contribution in [3.63, 3.8) is 0 Å². The second-order valence-electron chi connectivity index (χ2n) is 5.58. The summed E-state index contributed by atoms with van der Waals surface area (Å²) >= 11 is 0.988. The highest BCUT2D eigenvalue weighted by Crippen LogP contribution is 2.30. The van der Waals surface area contributed by atoms with Gasteiger partial charge in [0, 0.05) is 23.9 Å². The molecule has 0 atom stereocenters. The van der Waals surface area contributed by atoms with Crippen molar-refractivity contribution < 1.29 is 18.4 Å². The van der Waals surface area contributed by atoms with Crippen LogP contribution in [0.15, 0.2) is 47.4 Å². The van der Waals surface area contributed by atoms with E-state index in [1.54, 1.807) is 29.2 Å². The van der Waals surface area contributed by atoms with Crippen LogP contribution in [0.1, 0.15) is 12.8 Å². The van der Waals surface area contributed by atoms with E-state index in [9.17, 15) is 18.4 Å². The van der Waals surface area contributed by atoms with Crippen LogP contribution in [-0.4, -0.2) is 24.1 Å². The van der Waals surface area contributed by atoms with Gasteiger partial charge in [-0.15, -0.1) is 11.8 Å². The fourth-order valence-electron chi connectivity index (χ4n) is 2.64. The second kappa shape index (κ2) is 7.65. The fourth-order valence-corrected chi connectivity index (χ4v) is 3.36. The highest BCUT2D eigenvalue weighted by atomic mass is 32.2. The predicted molar refractivity (Wildman–Crippen MR) is 93.7 cm³/mol. The highest BCUT2D eigenvalue weighted by molar-refractivity contribution is 8.00. The van der Waals surface area contributed by atoms with Crippen molar-refractivity contribution in [2.45, 2.75) is 17.7 Å². The zero-order valence-corrected chi connectivity index (χ0v) is 14.1. The Bertz CT molecular complexity index is 813. The van der Waals surface area contributed by atoms with Gasteiger partial charge in [0.15, 0.2) is 0 Å². The molecule has 0 spiro atoms. The average molecular weight is 362 g/mol. The highest BCUT2D eigenvalue weighted by Gasteiger charge is 2.24. The summed E-state index contributed by atoms with van der Waals surface area (Å²) in [6, 6.07) is 10.3. The van der Waals surface area contributed by atoms with Gasteiger partial charge in [-0.05, 0) is 30.7 Å². The van der Waals surface area contributed by atoms with Crippen LogP contribution >= 0.6 is 11.8 Å². The molecule has 1 saturated heterocycles. The molecule has 0 bridgehead atoms. The summed E-state index contributed by atoms with van der Waals surface area (Å²) in [5.41, 5.74) is 1.21. The van der Waals surface area contributed by atoms with Crippen molar-refractivity contribution in [1.82, 2.24) is 0 Å². The molecule has 1 fully saturated rings. The van der Waals surface area contributed by atoms with E-state index >= 15 is 0 Å². The molecule has 3 rings (SSSR count). The third-order valence-corrected chi connectivity index (χ3v) is 4.84. The van der Waals surface area contributed by atoms with Crippen LogP contribution < -0.4 is 10.2 Å². The van der Waals surface area contributed by atoms with Crippen LogP contribution in [0.4, 0.5) is 20.2 Å². The van der Waals surface area contributed by atoms with Gasteiger partial charge in [0.2, 0.25) is 11.8 Å². The molecule has 4 nitrogen and oxygen atoms in total. The Morgan fingerprint density at radius 1 is 1.20 bits per heavy atom. The van der Waals surface area contributed by atoms with Crippen molar-refractivity contribution in [2.24, 2.45) is 0 Å². The van der Waals surface area contributed by atoms with Gasteiger partial charge >= 0.3 is 0 Å². The van der Waals surface area contributed by atoms with Crippen molar-refractivity contribution in [3.8, 4) is 0 Å². The number of para-hydroxylation sites is 2. The number of nitrogens with one attached hydrogen (secondary N) is 1. The van der Waals surface area contributed by atoms with E-state index in [2.05, 4.69) is 5.32 Å². The first-order chi connectivity index (χ1) is 12.0. The van der Waals surface area contributed by atoms with E-state index in [0.717, 1.165) is 30.3 Å². The second-order valence-corrected chi connectivity index (χ2v) is 6.59. The zero-order chi connectivity index (χ0) is 17.8. The van der Waals surface area contributed by atoms with Crippen molar-refractivity contribution >= 4 is 35.0 Å². The van der Waals surface area contributed by atoms with Gasteiger partial charge < -0.3 is 10.2 Å². The summed E-state index contributed by atoms with van der Waals surface area (Å²) in [6.45, 7) is 0.626. The van der Waals surface area contributed by atoms with Crippen LogP contribution in [0.3, 0.4) is 0 Å². The smallest absolute Gasteiger partial charge is 0.234 e. The lowest BCUT2D eigenvalue weighted by molar-refractivity contribution is -0.117. The number of halogens is 2. The zero-order valence-electron chi connectivity index (χ0n) is 13.3. The van der Waals surface area contributed by atoms with Gasteiger partial charge in [0.1, 0.15) is 11.6 Å². The summed E-state index contributed by atoms with van der Waals surface area (Å²) in [5.74, 6) is -1.67. The fraction of sp³-hybridized carbons (Fsp3) is 0.222. The Balaban J connectivity index is 1.66. The van der Waals surface area contributed by atoms with Gasteiger partial charge in [-0.2, -0.15) is 0 Å². The van der Waals surface area contributed by atoms with Crippen LogP contribution in [0, 0.1) is 11.6 Å². The Morgan fingerprint density at radius 2 is 2.00 bits per heavy atom. The number of rotatable bonds is 5. The van der Waals surface area contributed by atoms with Crippen LogP contribution in [0.25, 0.3) is 0 Å². The molecule has 0 saturated carbocycles. The number of hydrogen-bond donors (Lipinski definition) is 1. The lowest BCUT2D eigenvalue weighted by atomic mass is 10.2. The number of hydrogen-bond acceptors (Lipinski definition) is 3. The SMILES string of the molecule is O=C(CSc1ccc(F)cc1F)Nc1ccccc1N1CCCC1=O. The molecule has 1 aliphatic rings. The van der Waals surface area contributed by atoms with Gasteiger partial charge in [0.25, 0.3) is 0 Å². The molecule has 1 N–H and O–H groups in total. The van der Waals surface area contributed by atoms with Crippen LogP contribution in [-0.2, 0) is 9.59 Å². The Hall–Kier alpha value is -2.41. The van der Waals surface area contributed by atoms with E-state index in [1.807, 2.05) is 0 Å². The molecule has 0 radical (unpaired) electrons. The molecule has 2 aromatic carbocycles. The van der Waals surface area contributed by atoms with Crippen molar-refractivity contribution in [1.29, 1.82) is 0 Å². The number of carbonyl (C=O) groups is 2. The number of thioether (sulfide) groups is 1. The lowest BCUT2D eigenvalue weighted by Crippen LogP contribution is -2.26. The maximum atomic E-state index is 13.6. The molecule has 2 amide bonds. The van der Waals surface area contributed by atoms with Crippen molar-refractivity contribution in [3.05, 3.63) is 54.1 Å². The monoisotopic (exact) mass is 362 g/mol. The minimum atomic E-state index is -0.694. The summed E-state index contributed by atoms with van der Waals surface area (Å²) in [7, 11) is 0. The van der Waals surface area contributed by atoms with Gasteiger partial charge in [-0.25, -0.2) is 8.78 Å². The molecule has 0 aliphatic carbocycles. The van der Waals surface area contributed by atoms with Gasteiger partial charge in [-0.1, -0.05) is 12.1 Å². The minimum absolute atomic E-state index is 0.0230. The quantitative estimate of drug-likeness (QED) is 0.823. The third kappa shape index (κ3) is 4.17. The van der Waals surface area contributed by atoms with E-state index in [-0.39, 0.29) is 22.5 Å². The summed E-state index contributed by atoms with van der Waals surface area (Å²) in [5, 5.41) is 2.76. The molecule has 0 unspecified atom stereocenters. The predicted octanol–water partition coefficient (Wildman–Crippen LogP) is 3.82. The van der Waals surface area contributed by atoms with Crippen LogP contribution in [0.2, 0.25) is 0 Å². The normalized spacial score (nSPS) is 14.0. The summed E-state index contributed by atoms with van der Waals surface area (Å²) < 4.78 is 26.5. The first-order valence-electron chi connectivity index (χ1n) is 7.81. The van der Waals surface area contributed by atoms with E-state index in [1.165, 1.54) is 6.07 Å².